The fraction of sp³-hybridized carbons (Fsp3) is 1.00. The summed E-state index contributed by atoms with van der Waals surface area (Å²) in [6.07, 6.45) is 0. The molecule has 0 unspecified atom stereocenters. The molecule has 6 aliphatic rings. The van der Waals surface area contributed by atoms with E-state index in [0.717, 1.165) is 0 Å². The SMILES string of the molecule is CC(C)C[Si]12O[Si]3(CC(C)C)O[Si]4(CC(C)C)O[Si](CC(C)C)(O1)O[Si]1(CC(C)C)O[Si](CC(C)C)(O2)O[Si](CC(C)C)(O3)O[Si]([O][Ge]([CH3])([CH3])[CH3])(O4)O1. The molecule has 8 bridgehead atoms. The van der Waals surface area contributed by atoms with Crippen LogP contribution in [0.2, 0.25) is 59.6 Å². The second-order valence-corrected chi connectivity index (χ2v) is 53.5. The van der Waals surface area contributed by atoms with Crippen LogP contribution >= 0.6 is 0 Å². The molecule has 310 valence electrons. The third-order valence-electron chi connectivity index (χ3n) is 8.68. The fourth-order valence-electron chi connectivity index (χ4n) is 8.02. The zero-order valence-electron chi connectivity index (χ0n) is 35.8. The first-order valence-electron chi connectivity index (χ1n) is 20.2. The van der Waals surface area contributed by atoms with Gasteiger partial charge in [-0.2, -0.15) is 0 Å². The zero-order chi connectivity index (χ0) is 39.7. The third-order valence-corrected chi connectivity index (χ3v) is 53.3. The monoisotopic (exact) mass is 950 g/mol. The average molecular weight is 950 g/mol. The molecule has 0 aromatic carbocycles. The van der Waals surface area contributed by atoms with Gasteiger partial charge in [-0.1, -0.05) is 0 Å². The van der Waals surface area contributed by atoms with Gasteiger partial charge in [-0.05, 0) is 0 Å². The molecule has 22 heteroatoms. The van der Waals surface area contributed by atoms with Crippen molar-refractivity contribution in [2.75, 3.05) is 0 Å². The van der Waals surface area contributed by atoms with E-state index in [1.165, 1.54) is 0 Å². The Labute approximate surface area is 333 Å². The molecule has 0 aromatic heterocycles. The topological polar surface area (TPSA) is 120 Å². The molecule has 0 radical (unpaired) electrons. The number of hydrogen-bond donors (Lipinski definition) is 0. The van der Waals surface area contributed by atoms with Crippen molar-refractivity contribution in [2.24, 2.45) is 41.4 Å². The van der Waals surface area contributed by atoms with Gasteiger partial charge in [0, 0.05) is 0 Å². The summed E-state index contributed by atoms with van der Waals surface area (Å²) in [6, 6.07) is 3.25. The normalized spacial score (nSPS) is 41.7. The summed E-state index contributed by atoms with van der Waals surface area (Å²) < 4.78 is 99.7. The van der Waals surface area contributed by atoms with Gasteiger partial charge >= 0.3 is 335 Å². The van der Waals surface area contributed by atoms with Gasteiger partial charge in [-0.3, -0.25) is 0 Å². The van der Waals surface area contributed by atoms with Gasteiger partial charge < -0.3 is 0 Å². The van der Waals surface area contributed by atoms with E-state index >= 15 is 0 Å². The Hall–Kier alpha value is 1.76. The number of hydrogen-bond acceptors (Lipinski definition) is 13. The van der Waals surface area contributed by atoms with E-state index in [1.807, 2.05) is 0 Å². The quantitative estimate of drug-likeness (QED) is 0.137. The molecule has 0 N–H and O–H groups in total. The van der Waals surface area contributed by atoms with Crippen molar-refractivity contribution in [2.45, 2.75) is 157 Å². The standard InChI is InChI=1S/C31H72GeO13Si8/c1-25(2)18-46-34-47(19-26(3)4)37-50(22-29(9)10)39-48(35-46,20-27(5)6)41-52(24-31(13)14)42-49(36-46,21-28(7)8)40-51(38-47,23-30(11)12)44-53(43-50,45-52)33-32(15,16)17/h25-31H,18-24H2,1-17H3. The van der Waals surface area contributed by atoms with Crippen LogP contribution in [0.15, 0.2) is 0 Å². The van der Waals surface area contributed by atoms with Crippen LogP contribution in [0.25, 0.3) is 0 Å². The fourth-order valence-corrected chi connectivity index (χ4v) is 65.0. The Balaban J connectivity index is 1.98. The average Bonchev–Trinajstić information content (AvgIpc) is 2.79. The van der Waals surface area contributed by atoms with E-state index in [0.29, 0.717) is 42.3 Å². The van der Waals surface area contributed by atoms with E-state index in [1.54, 1.807) is 0 Å². The summed E-state index contributed by atoms with van der Waals surface area (Å²) in [5.74, 6) is 7.28. The van der Waals surface area contributed by atoms with Gasteiger partial charge in [0.05, 0.1) is 0 Å². The molecule has 0 atom stereocenters. The summed E-state index contributed by atoms with van der Waals surface area (Å²) in [5.41, 5.74) is 0. The number of rotatable bonds is 16. The Morgan fingerprint density at radius 1 is 0.302 bits per heavy atom. The predicted molar refractivity (Wildman–Crippen MR) is 221 cm³/mol. The molecule has 0 spiro atoms. The van der Waals surface area contributed by atoms with Crippen LogP contribution < -0.4 is 0 Å². The first-order valence-corrected chi connectivity index (χ1v) is 42.5. The van der Waals surface area contributed by atoms with Crippen LogP contribution in [0.3, 0.4) is 0 Å². The van der Waals surface area contributed by atoms with E-state index in [9.17, 15) is 0 Å². The van der Waals surface area contributed by atoms with Gasteiger partial charge in [0.25, 0.3) is 0 Å². The van der Waals surface area contributed by atoms with E-state index in [4.69, 9.17) is 52.8 Å². The second kappa shape index (κ2) is 16.0. The molecule has 6 aliphatic heterocycles. The molecule has 6 rings (SSSR count). The molecule has 13 nitrogen and oxygen atoms in total. The Morgan fingerprint density at radius 3 is 0.585 bits per heavy atom. The Morgan fingerprint density at radius 2 is 0.453 bits per heavy atom. The van der Waals surface area contributed by atoms with Crippen LogP contribution in [-0.4, -0.2) is 84.3 Å². The van der Waals surface area contributed by atoms with Crippen molar-refractivity contribution in [3.8, 4) is 0 Å². The van der Waals surface area contributed by atoms with E-state index in [-0.39, 0.29) is 41.4 Å². The Bertz CT molecular complexity index is 1140. The molecule has 6 heterocycles. The molecular weight excluding hydrogens is 878 g/mol. The molecular formula is C31H72GeO13Si8. The molecule has 0 amide bonds. The first-order chi connectivity index (χ1) is 24.1. The minimum atomic E-state index is -4.34. The van der Waals surface area contributed by atoms with Crippen LogP contribution in [0.1, 0.15) is 96.9 Å². The predicted octanol–water partition coefficient (Wildman–Crippen LogP) is 8.71. The van der Waals surface area contributed by atoms with Crippen molar-refractivity contribution in [3.05, 3.63) is 0 Å². The van der Waals surface area contributed by atoms with Gasteiger partial charge in [0.1, 0.15) is 0 Å². The second-order valence-electron chi connectivity index (χ2n) is 19.9. The molecule has 6 fully saturated rings. The zero-order valence-corrected chi connectivity index (χ0v) is 45.9. The van der Waals surface area contributed by atoms with E-state index in [2.05, 4.69) is 114 Å². The van der Waals surface area contributed by atoms with Gasteiger partial charge in [-0.15, -0.1) is 0 Å². The summed E-state index contributed by atoms with van der Waals surface area (Å²) in [4.78, 5) is 0. The summed E-state index contributed by atoms with van der Waals surface area (Å²) >= 11 is -3.12. The summed E-state index contributed by atoms with van der Waals surface area (Å²) in [6.45, 7) is 30.2. The minimum absolute atomic E-state index is 0.1000. The van der Waals surface area contributed by atoms with Crippen molar-refractivity contribution >= 4 is 84.3 Å². The molecule has 0 aliphatic carbocycles. The van der Waals surface area contributed by atoms with Crippen LogP contribution in [-0.2, 0) is 52.8 Å². The van der Waals surface area contributed by atoms with E-state index < -0.39 is 84.3 Å². The molecule has 0 saturated carbocycles. The van der Waals surface area contributed by atoms with Crippen molar-refractivity contribution in [1.82, 2.24) is 0 Å². The van der Waals surface area contributed by atoms with Crippen LogP contribution in [0.4, 0.5) is 0 Å². The maximum absolute atomic E-state index is 7.74. The van der Waals surface area contributed by atoms with Crippen molar-refractivity contribution in [1.29, 1.82) is 0 Å². The van der Waals surface area contributed by atoms with Gasteiger partial charge in [0.15, 0.2) is 0 Å². The third kappa shape index (κ3) is 10.9. The summed E-state index contributed by atoms with van der Waals surface area (Å²) in [7, 11) is -31.9. The Kier molecular flexibility index (Phi) is 13.8. The summed E-state index contributed by atoms with van der Waals surface area (Å²) in [5, 5.41) is 0. The van der Waals surface area contributed by atoms with Crippen LogP contribution in [0, 0.1) is 41.4 Å². The van der Waals surface area contributed by atoms with Gasteiger partial charge in [0.2, 0.25) is 0 Å². The maximum atomic E-state index is 7.74. The molecule has 0 aromatic rings. The molecule has 6 saturated heterocycles. The molecule has 53 heavy (non-hydrogen) atoms. The van der Waals surface area contributed by atoms with Crippen molar-refractivity contribution < 1.29 is 52.8 Å². The first kappa shape index (κ1) is 45.8. The van der Waals surface area contributed by atoms with Crippen LogP contribution in [0.5, 0.6) is 0 Å². The van der Waals surface area contributed by atoms with Crippen molar-refractivity contribution in [3.63, 3.8) is 0 Å². The van der Waals surface area contributed by atoms with Gasteiger partial charge in [-0.25, -0.2) is 0 Å².